The van der Waals surface area contributed by atoms with Crippen LogP contribution in [0.25, 0.3) is 0 Å². The van der Waals surface area contributed by atoms with Crippen LogP contribution < -0.4 is 0 Å². The van der Waals surface area contributed by atoms with Crippen molar-refractivity contribution in [3.63, 3.8) is 0 Å². The first-order valence-electron chi connectivity index (χ1n) is 11.9. The van der Waals surface area contributed by atoms with Crippen molar-refractivity contribution in [1.29, 1.82) is 0 Å². The molecule has 0 N–H and O–H groups in total. The zero-order valence-corrected chi connectivity index (χ0v) is 21.6. The molecule has 2 heterocycles. The van der Waals surface area contributed by atoms with Gasteiger partial charge in [0.2, 0.25) is 0 Å². The van der Waals surface area contributed by atoms with Crippen LogP contribution in [0.5, 0.6) is 0 Å². The highest BCUT2D eigenvalue weighted by Crippen LogP contribution is 2.30. The highest BCUT2D eigenvalue weighted by Gasteiger charge is 2.33. The smallest absolute Gasteiger partial charge is 0.198 e. The minimum atomic E-state index is -3.54. The van der Waals surface area contributed by atoms with Crippen LogP contribution in [0.4, 0.5) is 0 Å². The number of piperazine rings is 1. The van der Waals surface area contributed by atoms with Gasteiger partial charge >= 0.3 is 0 Å². The molecular weight excluding hydrogens is 460 g/mol. The SMILES string of the molecule is Cc1ccc(S(=O)(=O)Cn2nnnc2C(CC(C)C)N2CCN(C3CCCC3)CC2)cc1.Cl. The summed E-state index contributed by atoms with van der Waals surface area (Å²) in [7, 11) is -3.54. The summed E-state index contributed by atoms with van der Waals surface area (Å²) in [5, 5.41) is 12.3. The summed E-state index contributed by atoms with van der Waals surface area (Å²) >= 11 is 0. The van der Waals surface area contributed by atoms with E-state index in [4.69, 9.17) is 0 Å². The molecular formula is C23H37ClN6O2S. The van der Waals surface area contributed by atoms with E-state index in [9.17, 15) is 8.42 Å². The van der Waals surface area contributed by atoms with Gasteiger partial charge in [-0.2, -0.15) is 0 Å². The molecule has 0 spiro atoms. The van der Waals surface area contributed by atoms with Gasteiger partial charge < -0.3 is 0 Å². The van der Waals surface area contributed by atoms with Crippen molar-refractivity contribution in [2.24, 2.45) is 5.92 Å². The molecule has 10 heteroatoms. The Balaban J connectivity index is 0.00000306. The third-order valence-corrected chi connectivity index (χ3v) is 8.43. The van der Waals surface area contributed by atoms with Crippen LogP contribution in [-0.4, -0.2) is 70.6 Å². The first-order valence-corrected chi connectivity index (χ1v) is 13.5. The molecule has 0 radical (unpaired) electrons. The molecule has 8 nitrogen and oxygen atoms in total. The molecule has 1 aliphatic heterocycles. The Kier molecular flexibility index (Phi) is 8.89. The molecule has 1 aromatic carbocycles. The lowest BCUT2D eigenvalue weighted by atomic mass is 10.0. The van der Waals surface area contributed by atoms with Crippen molar-refractivity contribution >= 4 is 22.2 Å². The minimum Gasteiger partial charge on any atom is -0.298 e. The Morgan fingerprint density at radius 2 is 1.67 bits per heavy atom. The lowest BCUT2D eigenvalue weighted by Crippen LogP contribution is -2.51. The minimum absolute atomic E-state index is 0. The molecule has 0 bridgehead atoms. The Hall–Kier alpha value is -1.55. The number of tetrazole rings is 1. The van der Waals surface area contributed by atoms with E-state index in [1.54, 1.807) is 12.1 Å². The predicted octanol–water partition coefficient (Wildman–Crippen LogP) is 3.48. The van der Waals surface area contributed by atoms with Gasteiger partial charge in [0.25, 0.3) is 0 Å². The number of rotatable bonds is 8. The number of aromatic nitrogens is 4. The average Bonchev–Trinajstić information content (AvgIpc) is 3.45. The maximum atomic E-state index is 13.0. The number of nitrogens with zero attached hydrogens (tertiary/aromatic N) is 6. The van der Waals surface area contributed by atoms with E-state index >= 15 is 0 Å². The van der Waals surface area contributed by atoms with Crippen LogP contribution in [0.1, 0.15) is 63.4 Å². The average molecular weight is 497 g/mol. The molecule has 184 valence electrons. The Morgan fingerprint density at radius 1 is 1.03 bits per heavy atom. The fourth-order valence-corrected chi connectivity index (χ4v) is 6.28. The molecule has 1 saturated carbocycles. The summed E-state index contributed by atoms with van der Waals surface area (Å²) in [5.74, 6) is 0.866. The fraction of sp³-hybridized carbons (Fsp3) is 0.696. The van der Waals surface area contributed by atoms with Crippen LogP contribution in [0.15, 0.2) is 29.2 Å². The summed E-state index contributed by atoms with van der Waals surface area (Å²) in [5.41, 5.74) is 1.03. The van der Waals surface area contributed by atoms with Crippen molar-refractivity contribution in [1.82, 2.24) is 30.0 Å². The molecule has 2 aromatic rings. The number of hydrogen-bond acceptors (Lipinski definition) is 7. The second kappa shape index (κ2) is 11.3. The first kappa shape index (κ1) is 26.1. The molecule has 0 amide bonds. The van der Waals surface area contributed by atoms with Gasteiger partial charge in [-0.1, -0.05) is 44.4 Å². The lowest BCUT2D eigenvalue weighted by molar-refractivity contribution is 0.0589. The molecule has 4 rings (SSSR count). The highest BCUT2D eigenvalue weighted by molar-refractivity contribution is 7.90. The van der Waals surface area contributed by atoms with Gasteiger partial charge in [-0.05, 0) is 54.7 Å². The van der Waals surface area contributed by atoms with Crippen molar-refractivity contribution in [2.45, 2.75) is 75.7 Å². The lowest BCUT2D eigenvalue weighted by Gasteiger charge is -2.41. The molecule has 1 atom stereocenters. The van der Waals surface area contributed by atoms with E-state index in [2.05, 4.69) is 39.2 Å². The molecule has 1 aromatic heterocycles. The summed E-state index contributed by atoms with van der Waals surface area (Å²) < 4.78 is 27.6. The van der Waals surface area contributed by atoms with Gasteiger partial charge in [-0.25, -0.2) is 13.1 Å². The standard InChI is InChI=1S/C23H36N6O2S.ClH/c1-18(2)16-22(28-14-12-27(13-15-28)20-6-4-5-7-20)23-24-25-26-29(23)17-32(30,31)21-10-8-19(3)9-11-21;/h8-11,18,20,22H,4-7,12-17H2,1-3H3;1H. The molecule has 1 aliphatic carbocycles. The van der Waals surface area contributed by atoms with Crippen LogP contribution in [0, 0.1) is 12.8 Å². The van der Waals surface area contributed by atoms with Crippen LogP contribution in [-0.2, 0) is 15.7 Å². The van der Waals surface area contributed by atoms with Gasteiger partial charge in [0, 0.05) is 32.2 Å². The number of hydrogen-bond donors (Lipinski definition) is 0. The number of halogens is 1. The van der Waals surface area contributed by atoms with Gasteiger partial charge in [-0.15, -0.1) is 17.5 Å². The molecule has 1 saturated heterocycles. The second-order valence-corrected chi connectivity index (χ2v) is 11.7. The van der Waals surface area contributed by atoms with E-state index in [0.717, 1.165) is 44.2 Å². The fourth-order valence-electron chi connectivity index (χ4n) is 5.07. The van der Waals surface area contributed by atoms with Crippen molar-refractivity contribution in [3.8, 4) is 0 Å². The third kappa shape index (κ3) is 6.32. The van der Waals surface area contributed by atoms with Crippen molar-refractivity contribution in [2.75, 3.05) is 26.2 Å². The number of benzene rings is 1. The van der Waals surface area contributed by atoms with Crippen LogP contribution in [0.3, 0.4) is 0 Å². The maximum absolute atomic E-state index is 13.0. The summed E-state index contributed by atoms with van der Waals surface area (Å²) in [6.45, 7) is 10.4. The number of sulfone groups is 1. The Bertz CT molecular complexity index is 981. The van der Waals surface area contributed by atoms with E-state index in [-0.39, 0.29) is 24.3 Å². The maximum Gasteiger partial charge on any atom is 0.198 e. The second-order valence-electron chi connectivity index (χ2n) is 9.75. The van der Waals surface area contributed by atoms with Crippen LogP contribution >= 0.6 is 12.4 Å². The molecule has 2 fully saturated rings. The third-order valence-electron chi connectivity index (χ3n) is 6.86. The Morgan fingerprint density at radius 3 is 2.27 bits per heavy atom. The first-order chi connectivity index (χ1) is 15.3. The highest BCUT2D eigenvalue weighted by atomic mass is 35.5. The summed E-state index contributed by atoms with van der Waals surface area (Å²) in [4.78, 5) is 5.39. The van der Waals surface area contributed by atoms with Gasteiger partial charge in [0.15, 0.2) is 21.5 Å². The van der Waals surface area contributed by atoms with Gasteiger partial charge in [0.05, 0.1) is 10.9 Å². The van der Waals surface area contributed by atoms with Crippen molar-refractivity contribution in [3.05, 3.63) is 35.7 Å². The Labute approximate surface area is 204 Å². The van der Waals surface area contributed by atoms with E-state index in [1.165, 1.54) is 30.4 Å². The predicted molar refractivity (Wildman–Crippen MR) is 131 cm³/mol. The summed E-state index contributed by atoms with van der Waals surface area (Å²) in [6, 6.07) is 7.71. The van der Waals surface area contributed by atoms with E-state index < -0.39 is 9.84 Å². The van der Waals surface area contributed by atoms with E-state index in [0.29, 0.717) is 16.6 Å². The largest absolute Gasteiger partial charge is 0.298 e. The normalized spacial score (nSPS) is 19.6. The van der Waals surface area contributed by atoms with Gasteiger partial charge in [0.1, 0.15) is 0 Å². The quantitative estimate of drug-likeness (QED) is 0.553. The molecule has 1 unspecified atom stereocenters. The summed E-state index contributed by atoms with van der Waals surface area (Å²) in [6.07, 6.45) is 6.25. The topological polar surface area (TPSA) is 84.2 Å². The monoisotopic (exact) mass is 496 g/mol. The zero-order chi connectivity index (χ0) is 22.7. The van der Waals surface area contributed by atoms with Crippen molar-refractivity contribution < 1.29 is 8.42 Å². The molecule has 33 heavy (non-hydrogen) atoms. The van der Waals surface area contributed by atoms with E-state index in [1.807, 2.05) is 19.1 Å². The molecule has 2 aliphatic rings. The zero-order valence-electron chi connectivity index (χ0n) is 19.9. The van der Waals surface area contributed by atoms with Gasteiger partial charge in [-0.3, -0.25) is 9.80 Å². The van der Waals surface area contributed by atoms with Crippen LogP contribution in [0.2, 0.25) is 0 Å². The number of aryl methyl sites for hydroxylation is 1.